The molecule has 0 bridgehead atoms. The highest BCUT2D eigenvalue weighted by atomic mass is 16.2. The summed E-state index contributed by atoms with van der Waals surface area (Å²) in [5.74, 6) is 0.0727. The fourth-order valence-electron chi connectivity index (χ4n) is 3.60. The molecule has 138 valence electrons. The van der Waals surface area contributed by atoms with Crippen molar-refractivity contribution in [2.45, 2.75) is 12.5 Å². The van der Waals surface area contributed by atoms with Crippen molar-refractivity contribution in [3.05, 3.63) is 70.8 Å². The molecule has 27 heavy (non-hydrogen) atoms. The zero-order valence-corrected chi connectivity index (χ0v) is 15.0. The van der Waals surface area contributed by atoms with Crippen molar-refractivity contribution in [1.82, 2.24) is 15.6 Å². The number of hydrogen-bond acceptors (Lipinski definition) is 5. The van der Waals surface area contributed by atoms with Gasteiger partial charge in [0.15, 0.2) is 0 Å². The first kappa shape index (κ1) is 17.4. The van der Waals surface area contributed by atoms with Crippen LogP contribution in [0.25, 0.3) is 0 Å². The Morgan fingerprint density at radius 2 is 1.96 bits per heavy atom. The van der Waals surface area contributed by atoms with Gasteiger partial charge in [0, 0.05) is 43.7 Å². The van der Waals surface area contributed by atoms with Crippen LogP contribution >= 0.6 is 0 Å². The lowest BCUT2D eigenvalue weighted by Crippen LogP contribution is -2.46. The predicted molar refractivity (Wildman–Crippen MR) is 104 cm³/mol. The normalized spacial score (nSPS) is 18.9. The largest absolute Gasteiger partial charge is 0.336 e. The van der Waals surface area contributed by atoms with Gasteiger partial charge in [0.25, 0.3) is 5.91 Å². The fourth-order valence-corrected chi connectivity index (χ4v) is 3.60. The Bertz CT molecular complexity index is 887. The van der Waals surface area contributed by atoms with Crippen molar-refractivity contribution < 1.29 is 9.59 Å². The van der Waals surface area contributed by atoms with E-state index in [-0.39, 0.29) is 5.91 Å². The zero-order chi connectivity index (χ0) is 18.6. The second-order valence-corrected chi connectivity index (χ2v) is 6.81. The molecule has 1 fully saturated rings. The Morgan fingerprint density at radius 3 is 2.78 bits per heavy atom. The third-order valence-electron chi connectivity index (χ3n) is 5.03. The van der Waals surface area contributed by atoms with Crippen LogP contribution in [0.2, 0.25) is 0 Å². The van der Waals surface area contributed by atoms with Gasteiger partial charge in [-0.3, -0.25) is 10.2 Å². The molecule has 2 aromatic rings. The van der Waals surface area contributed by atoms with Gasteiger partial charge in [0.05, 0.1) is 5.71 Å². The van der Waals surface area contributed by atoms with E-state index in [0.717, 1.165) is 54.9 Å². The third-order valence-corrected chi connectivity index (χ3v) is 5.03. The van der Waals surface area contributed by atoms with Crippen LogP contribution in [0.4, 0.5) is 0 Å². The van der Waals surface area contributed by atoms with E-state index in [4.69, 9.17) is 0 Å². The Kier molecular flexibility index (Phi) is 4.98. The van der Waals surface area contributed by atoms with Gasteiger partial charge in [-0.05, 0) is 23.3 Å². The smallest absolute Gasteiger partial charge is 0.253 e. The number of amides is 1. The summed E-state index contributed by atoms with van der Waals surface area (Å²) in [5, 5.41) is 7.68. The number of nitrogens with zero attached hydrogens (tertiary/aromatic N) is 2. The molecule has 0 aromatic heterocycles. The number of rotatable bonds is 4. The van der Waals surface area contributed by atoms with Crippen molar-refractivity contribution in [3.8, 4) is 0 Å². The molecule has 1 saturated heterocycles. The Hall–Kier alpha value is -2.99. The number of nitrogens with one attached hydrogen (secondary N) is 2. The highest BCUT2D eigenvalue weighted by molar-refractivity contribution is 6.04. The van der Waals surface area contributed by atoms with Crippen LogP contribution < -0.4 is 10.7 Å². The average molecular weight is 362 g/mol. The molecule has 2 aliphatic heterocycles. The SMILES string of the molecule is O=CC1NN=C(Cc2cccc(C(=O)N3CCNCC3)c2)c2ccccc21. The standard InChI is InChI=1S/C21H22N4O2/c26-14-20-18-7-2-1-6-17(18)19(23-24-20)13-15-4-3-5-16(12-15)21(27)25-10-8-22-9-11-25/h1-7,12,14,20,22,24H,8-11,13H2. The number of aldehydes is 1. The topological polar surface area (TPSA) is 73.8 Å². The van der Waals surface area contributed by atoms with Crippen LogP contribution in [0, 0.1) is 0 Å². The third kappa shape index (κ3) is 3.61. The van der Waals surface area contributed by atoms with Gasteiger partial charge in [-0.25, -0.2) is 0 Å². The van der Waals surface area contributed by atoms with Gasteiger partial charge in [0.1, 0.15) is 12.3 Å². The number of hydrazone groups is 1. The van der Waals surface area contributed by atoms with E-state index in [1.165, 1.54) is 0 Å². The molecule has 0 saturated carbocycles. The summed E-state index contributed by atoms with van der Waals surface area (Å²) in [6.07, 6.45) is 1.46. The molecule has 2 N–H and O–H groups in total. The van der Waals surface area contributed by atoms with Crippen LogP contribution in [0.1, 0.15) is 33.1 Å². The summed E-state index contributed by atoms with van der Waals surface area (Å²) < 4.78 is 0. The number of piperazine rings is 1. The lowest BCUT2D eigenvalue weighted by Gasteiger charge is -2.27. The highest BCUT2D eigenvalue weighted by Gasteiger charge is 2.22. The van der Waals surface area contributed by atoms with Crippen molar-refractivity contribution >= 4 is 17.9 Å². The van der Waals surface area contributed by atoms with Crippen molar-refractivity contribution in [3.63, 3.8) is 0 Å². The van der Waals surface area contributed by atoms with Gasteiger partial charge in [-0.15, -0.1) is 0 Å². The quantitative estimate of drug-likeness (QED) is 0.809. The molecule has 2 aromatic carbocycles. The minimum atomic E-state index is -0.412. The van der Waals surface area contributed by atoms with Gasteiger partial charge in [-0.2, -0.15) is 5.10 Å². The summed E-state index contributed by atoms with van der Waals surface area (Å²) >= 11 is 0. The van der Waals surface area contributed by atoms with E-state index >= 15 is 0 Å². The molecule has 1 atom stereocenters. The first-order chi connectivity index (χ1) is 13.3. The zero-order valence-electron chi connectivity index (χ0n) is 15.0. The second-order valence-electron chi connectivity index (χ2n) is 6.81. The van der Waals surface area contributed by atoms with Crippen molar-refractivity contribution in [1.29, 1.82) is 0 Å². The van der Waals surface area contributed by atoms with Crippen LogP contribution in [-0.2, 0) is 11.2 Å². The molecule has 0 radical (unpaired) electrons. The van der Waals surface area contributed by atoms with Crippen LogP contribution in [0.5, 0.6) is 0 Å². The number of benzene rings is 2. The summed E-state index contributed by atoms with van der Waals surface area (Å²) in [5.41, 5.74) is 7.44. The number of carbonyl (C=O) groups is 2. The van der Waals surface area contributed by atoms with E-state index in [1.54, 1.807) is 0 Å². The Labute approximate surface area is 158 Å². The maximum absolute atomic E-state index is 12.7. The summed E-state index contributed by atoms with van der Waals surface area (Å²) in [6.45, 7) is 3.14. The van der Waals surface area contributed by atoms with E-state index in [1.807, 2.05) is 53.4 Å². The van der Waals surface area contributed by atoms with Crippen molar-refractivity contribution in [2.75, 3.05) is 26.2 Å². The Balaban J connectivity index is 1.56. The van der Waals surface area contributed by atoms with E-state index in [0.29, 0.717) is 12.0 Å². The number of hydrogen-bond donors (Lipinski definition) is 2. The fraction of sp³-hybridized carbons (Fsp3) is 0.286. The summed E-state index contributed by atoms with van der Waals surface area (Å²) in [7, 11) is 0. The van der Waals surface area contributed by atoms with E-state index in [9.17, 15) is 9.59 Å². The summed E-state index contributed by atoms with van der Waals surface area (Å²) in [4.78, 5) is 25.9. The van der Waals surface area contributed by atoms with Crippen LogP contribution in [-0.4, -0.2) is 49.0 Å². The van der Waals surface area contributed by atoms with Gasteiger partial charge in [0.2, 0.25) is 0 Å². The van der Waals surface area contributed by atoms with E-state index < -0.39 is 6.04 Å². The number of fused-ring (bicyclic) bond motifs is 1. The predicted octanol–water partition coefficient (Wildman–Crippen LogP) is 1.52. The molecule has 4 rings (SSSR count). The maximum Gasteiger partial charge on any atom is 0.253 e. The molecule has 0 spiro atoms. The first-order valence-electron chi connectivity index (χ1n) is 9.22. The van der Waals surface area contributed by atoms with Gasteiger partial charge >= 0.3 is 0 Å². The maximum atomic E-state index is 12.7. The molecule has 6 nitrogen and oxygen atoms in total. The van der Waals surface area contributed by atoms with Crippen LogP contribution in [0.15, 0.2) is 53.6 Å². The molecule has 1 amide bonds. The Morgan fingerprint density at radius 1 is 1.15 bits per heavy atom. The molecule has 0 aliphatic carbocycles. The van der Waals surface area contributed by atoms with Gasteiger partial charge in [-0.1, -0.05) is 36.4 Å². The van der Waals surface area contributed by atoms with Gasteiger partial charge < -0.3 is 15.0 Å². The molecule has 2 aliphatic rings. The molecular weight excluding hydrogens is 340 g/mol. The van der Waals surface area contributed by atoms with Crippen molar-refractivity contribution in [2.24, 2.45) is 5.10 Å². The number of carbonyl (C=O) groups excluding carboxylic acids is 2. The lowest BCUT2D eigenvalue weighted by atomic mass is 9.93. The molecule has 2 heterocycles. The molecular formula is C21H22N4O2. The summed E-state index contributed by atoms with van der Waals surface area (Å²) in [6, 6.07) is 15.1. The molecule has 6 heteroatoms. The second kappa shape index (κ2) is 7.72. The first-order valence-corrected chi connectivity index (χ1v) is 9.22. The lowest BCUT2D eigenvalue weighted by molar-refractivity contribution is -0.109. The van der Waals surface area contributed by atoms with E-state index in [2.05, 4.69) is 15.8 Å². The monoisotopic (exact) mass is 362 g/mol. The highest BCUT2D eigenvalue weighted by Crippen LogP contribution is 2.23. The minimum absolute atomic E-state index is 0.0727. The average Bonchev–Trinajstić information content (AvgIpc) is 2.74. The molecule has 1 unspecified atom stereocenters. The van der Waals surface area contributed by atoms with Crippen LogP contribution in [0.3, 0.4) is 0 Å². The minimum Gasteiger partial charge on any atom is -0.336 e.